The van der Waals surface area contributed by atoms with E-state index in [9.17, 15) is 0 Å². The van der Waals surface area contributed by atoms with E-state index in [0.29, 0.717) is 0 Å². The number of allylic oxidation sites excluding steroid dienone is 4. The normalized spacial score (nSPS) is 13.8. The third-order valence-corrected chi connectivity index (χ3v) is 10.7. The Morgan fingerprint density at radius 3 is 1.88 bits per heavy atom. The van der Waals surface area contributed by atoms with Crippen molar-refractivity contribution in [3.8, 4) is 56.2 Å². The molecule has 5 aromatic carbocycles. The van der Waals surface area contributed by atoms with Crippen LogP contribution in [0.2, 0.25) is 0 Å². The molecule has 0 N–H and O–H groups in total. The molecule has 5 nitrogen and oxygen atoms in total. The van der Waals surface area contributed by atoms with Gasteiger partial charge in [0.15, 0.2) is 0 Å². The van der Waals surface area contributed by atoms with Gasteiger partial charge in [0.05, 0.1) is 33.8 Å². The van der Waals surface area contributed by atoms with Crippen molar-refractivity contribution in [1.29, 1.82) is 0 Å². The number of aryl methyl sites for hydroxylation is 1. The molecule has 0 amide bonds. The molecule has 5 heteroatoms. The summed E-state index contributed by atoms with van der Waals surface area (Å²) >= 11 is 0. The Labute approximate surface area is 331 Å². The highest BCUT2D eigenvalue weighted by atomic mass is 14.9. The predicted molar refractivity (Wildman–Crippen MR) is 233 cm³/mol. The van der Waals surface area contributed by atoms with Gasteiger partial charge in [-0.05, 0) is 83.1 Å². The summed E-state index contributed by atoms with van der Waals surface area (Å²) in [6.45, 7) is 2.06. The van der Waals surface area contributed by atoms with Gasteiger partial charge in [-0.3, -0.25) is 9.97 Å². The first-order chi connectivity index (χ1) is 28.1. The second-order valence-corrected chi connectivity index (χ2v) is 14.5. The van der Waals surface area contributed by atoms with Gasteiger partial charge in [-0.25, -0.2) is 15.0 Å². The van der Waals surface area contributed by atoms with E-state index in [0.717, 1.165) is 84.8 Å². The number of hydrogen-bond acceptors (Lipinski definition) is 5. The first-order valence-electron chi connectivity index (χ1n) is 19.3. The predicted octanol–water partition coefficient (Wildman–Crippen LogP) is 12.7. The number of pyridine rings is 3. The van der Waals surface area contributed by atoms with E-state index >= 15 is 0 Å². The molecule has 9 aromatic rings. The highest BCUT2D eigenvalue weighted by Crippen LogP contribution is 2.37. The van der Waals surface area contributed by atoms with E-state index in [1.807, 2.05) is 36.4 Å². The third kappa shape index (κ3) is 6.81. The largest absolute Gasteiger partial charge is 0.255 e. The molecule has 0 saturated carbocycles. The molecular weight excluding hydrogens is 695 g/mol. The Hall–Kier alpha value is -7.37. The fourth-order valence-corrected chi connectivity index (χ4v) is 7.79. The van der Waals surface area contributed by atoms with Crippen LogP contribution in [0.25, 0.3) is 83.5 Å². The summed E-state index contributed by atoms with van der Waals surface area (Å²) in [5.41, 5.74) is 15.4. The Kier molecular flexibility index (Phi) is 8.81. The molecule has 1 aliphatic rings. The standard InChI is InChI=1S/C52H37N5/c1-34-31-45(44-28-26-40-27-29-47(46-17-8-9-30-53-46)55-50(40)51(44)54-34)43-16-10-15-42(32-43)37-20-24-41(25-21-37)52-56-48(38-13-6-3-7-14-38)33-49(57-52)39-22-18-36(19-23-39)35-11-4-2-5-12-35/h2-24,26-33,41H,25H2,1H3. The maximum Gasteiger partial charge on any atom is 0.136 e. The third-order valence-electron chi connectivity index (χ3n) is 10.7. The maximum absolute atomic E-state index is 5.18. The van der Waals surface area contributed by atoms with Crippen LogP contribution in [0.5, 0.6) is 0 Å². The Bertz CT molecular complexity index is 2970. The van der Waals surface area contributed by atoms with E-state index < -0.39 is 0 Å². The van der Waals surface area contributed by atoms with Gasteiger partial charge in [0.1, 0.15) is 5.82 Å². The van der Waals surface area contributed by atoms with E-state index in [1.165, 1.54) is 22.3 Å². The first-order valence-corrected chi connectivity index (χ1v) is 19.3. The van der Waals surface area contributed by atoms with Crippen LogP contribution in [0, 0.1) is 6.92 Å². The lowest BCUT2D eigenvalue weighted by Gasteiger charge is -2.18. The molecule has 0 spiro atoms. The van der Waals surface area contributed by atoms with Gasteiger partial charge in [0.2, 0.25) is 0 Å². The number of benzene rings is 5. The molecule has 0 bridgehead atoms. The van der Waals surface area contributed by atoms with Gasteiger partial charge in [0.25, 0.3) is 0 Å². The summed E-state index contributed by atoms with van der Waals surface area (Å²) in [4.78, 5) is 25.0. The molecule has 4 aromatic heterocycles. The number of aromatic nitrogens is 5. The number of nitrogens with zero attached hydrogens (tertiary/aromatic N) is 5. The van der Waals surface area contributed by atoms with Crippen molar-refractivity contribution in [2.45, 2.75) is 19.3 Å². The SMILES string of the molecule is Cc1cc(-c2cccc(C3=CCC(c4nc(-c5ccccc5)cc(-c5ccc(-c6ccccc6)cc5)n4)C=C3)c2)c2ccc3ccc(-c4ccccn4)nc3c2n1. The van der Waals surface area contributed by atoms with Crippen LogP contribution in [-0.4, -0.2) is 24.9 Å². The Morgan fingerprint density at radius 1 is 0.474 bits per heavy atom. The van der Waals surface area contributed by atoms with Crippen molar-refractivity contribution in [2.75, 3.05) is 0 Å². The van der Waals surface area contributed by atoms with Gasteiger partial charge in [-0.1, -0.05) is 146 Å². The highest BCUT2D eigenvalue weighted by molar-refractivity contribution is 6.09. The van der Waals surface area contributed by atoms with Crippen molar-refractivity contribution in [1.82, 2.24) is 24.9 Å². The van der Waals surface area contributed by atoms with Gasteiger partial charge in [0, 0.05) is 39.7 Å². The van der Waals surface area contributed by atoms with Crippen LogP contribution in [0.4, 0.5) is 0 Å². The lowest BCUT2D eigenvalue weighted by atomic mass is 9.90. The minimum atomic E-state index is 0.0477. The van der Waals surface area contributed by atoms with Crippen LogP contribution in [0.15, 0.2) is 188 Å². The molecular formula is C52H37N5. The summed E-state index contributed by atoms with van der Waals surface area (Å²) in [6.07, 6.45) is 9.41. The lowest BCUT2D eigenvalue weighted by Crippen LogP contribution is -2.06. The number of hydrogen-bond donors (Lipinski definition) is 0. The van der Waals surface area contributed by atoms with Crippen molar-refractivity contribution < 1.29 is 0 Å². The minimum absolute atomic E-state index is 0.0477. The highest BCUT2D eigenvalue weighted by Gasteiger charge is 2.19. The molecule has 57 heavy (non-hydrogen) atoms. The molecule has 0 radical (unpaired) electrons. The second-order valence-electron chi connectivity index (χ2n) is 14.5. The van der Waals surface area contributed by atoms with E-state index in [1.54, 1.807) is 6.20 Å². The van der Waals surface area contributed by atoms with E-state index in [4.69, 9.17) is 19.9 Å². The topological polar surface area (TPSA) is 64.5 Å². The van der Waals surface area contributed by atoms with Crippen LogP contribution >= 0.6 is 0 Å². The van der Waals surface area contributed by atoms with Crippen LogP contribution in [-0.2, 0) is 0 Å². The Morgan fingerprint density at radius 2 is 1.14 bits per heavy atom. The van der Waals surface area contributed by atoms with Crippen LogP contribution < -0.4 is 0 Å². The zero-order chi connectivity index (χ0) is 38.1. The fraction of sp³-hybridized carbons (Fsp3) is 0.0577. The monoisotopic (exact) mass is 731 g/mol. The van der Waals surface area contributed by atoms with Crippen molar-refractivity contribution in [2.24, 2.45) is 0 Å². The zero-order valence-electron chi connectivity index (χ0n) is 31.4. The molecule has 10 rings (SSSR count). The number of rotatable bonds is 7. The van der Waals surface area contributed by atoms with E-state index in [2.05, 4.69) is 158 Å². The molecule has 0 fully saturated rings. The first kappa shape index (κ1) is 34.1. The molecule has 1 atom stereocenters. The summed E-state index contributed by atoms with van der Waals surface area (Å²) < 4.78 is 0. The summed E-state index contributed by atoms with van der Waals surface area (Å²) in [7, 11) is 0. The summed E-state index contributed by atoms with van der Waals surface area (Å²) in [5.74, 6) is 0.871. The van der Waals surface area contributed by atoms with Gasteiger partial charge in [-0.2, -0.15) is 0 Å². The van der Waals surface area contributed by atoms with Gasteiger partial charge >= 0.3 is 0 Å². The molecule has 0 aliphatic heterocycles. The zero-order valence-corrected chi connectivity index (χ0v) is 31.4. The molecule has 270 valence electrons. The quantitative estimate of drug-likeness (QED) is 0.153. The van der Waals surface area contributed by atoms with Crippen molar-refractivity contribution >= 4 is 27.4 Å². The van der Waals surface area contributed by atoms with Gasteiger partial charge < -0.3 is 0 Å². The van der Waals surface area contributed by atoms with Crippen LogP contribution in [0.3, 0.4) is 0 Å². The molecule has 0 saturated heterocycles. The smallest absolute Gasteiger partial charge is 0.136 e. The molecule has 4 heterocycles. The average Bonchev–Trinajstić information content (AvgIpc) is 3.29. The van der Waals surface area contributed by atoms with E-state index in [-0.39, 0.29) is 5.92 Å². The Balaban J connectivity index is 0.965. The van der Waals surface area contributed by atoms with Crippen LogP contribution in [0.1, 0.15) is 29.4 Å². The maximum atomic E-state index is 5.18. The number of fused-ring (bicyclic) bond motifs is 3. The fourth-order valence-electron chi connectivity index (χ4n) is 7.79. The second kappa shape index (κ2) is 14.7. The average molecular weight is 732 g/mol. The summed E-state index contributed by atoms with van der Waals surface area (Å²) in [5, 5.41) is 2.13. The summed E-state index contributed by atoms with van der Waals surface area (Å²) in [6, 6.07) is 57.0. The lowest BCUT2D eigenvalue weighted by molar-refractivity contribution is 0.777. The van der Waals surface area contributed by atoms with Gasteiger partial charge in [-0.15, -0.1) is 0 Å². The molecule has 1 unspecified atom stereocenters. The minimum Gasteiger partial charge on any atom is -0.255 e. The molecule has 1 aliphatic carbocycles. The van der Waals surface area contributed by atoms with Crippen molar-refractivity contribution in [3.63, 3.8) is 0 Å². The van der Waals surface area contributed by atoms with Crippen molar-refractivity contribution in [3.05, 3.63) is 205 Å².